The van der Waals surface area contributed by atoms with Crippen LogP contribution in [0.5, 0.6) is 0 Å². The summed E-state index contributed by atoms with van der Waals surface area (Å²) in [7, 11) is 0. The first-order valence-corrected chi connectivity index (χ1v) is 5.06. The number of hydrogen-bond acceptors (Lipinski definition) is 3. The average Bonchev–Trinajstić information content (AvgIpc) is 2.59. The molecule has 0 saturated heterocycles. The second kappa shape index (κ2) is 3.31. The number of hydrogen-bond donors (Lipinski definition) is 1. The highest BCUT2D eigenvalue weighted by Crippen LogP contribution is 2.20. The molecule has 0 aliphatic carbocycles. The number of imidazole rings is 1. The molecular formula is C11H16N4. The zero-order chi connectivity index (χ0) is 11.1. The fraction of sp³-hybridized carbons (Fsp3) is 0.455. The van der Waals surface area contributed by atoms with Crippen molar-refractivity contribution in [2.24, 2.45) is 5.73 Å². The molecule has 15 heavy (non-hydrogen) atoms. The highest BCUT2D eigenvalue weighted by atomic mass is 15.3. The van der Waals surface area contributed by atoms with Gasteiger partial charge in [0.15, 0.2) is 5.65 Å². The smallest absolute Gasteiger partial charge is 0.153 e. The summed E-state index contributed by atoms with van der Waals surface area (Å²) in [4.78, 5) is 4.52. The van der Waals surface area contributed by atoms with Crippen LogP contribution in [0.15, 0.2) is 18.3 Å². The molecule has 2 aromatic heterocycles. The van der Waals surface area contributed by atoms with Crippen LogP contribution in [0.1, 0.15) is 32.2 Å². The van der Waals surface area contributed by atoms with Crippen LogP contribution < -0.4 is 5.73 Å². The molecule has 0 atom stereocenters. The van der Waals surface area contributed by atoms with Crippen molar-refractivity contribution in [3.05, 3.63) is 29.7 Å². The van der Waals surface area contributed by atoms with E-state index in [-0.39, 0.29) is 5.41 Å². The normalized spacial score (nSPS) is 12.3. The summed E-state index contributed by atoms with van der Waals surface area (Å²) in [6.07, 6.45) is 1.97. The Kier molecular flexibility index (Phi) is 2.23. The van der Waals surface area contributed by atoms with Gasteiger partial charge in [0.05, 0.1) is 17.6 Å². The molecule has 4 heteroatoms. The molecule has 0 saturated carbocycles. The van der Waals surface area contributed by atoms with Gasteiger partial charge >= 0.3 is 0 Å². The molecule has 0 aliphatic rings. The minimum atomic E-state index is 0.0522. The molecular weight excluding hydrogens is 188 g/mol. The van der Waals surface area contributed by atoms with E-state index in [1.807, 2.05) is 18.3 Å². The van der Waals surface area contributed by atoms with E-state index < -0.39 is 0 Å². The Morgan fingerprint density at radius 1 is 1.33 bits per heavy atom. The van der Waals surface area contributed by atoms with Gasteiger partial charge in [-0.15, -0.1) is 0 Å². The molecule has 0 aliphatic heterocycles. The van der Waals surface area contributed by atoms with Gasteiger partial charge in [-0.1, -0.05) is 20.8 Å². The van der Waals surface area contributed by atoms with E-state index in [1.54, 1.807) is 4.52 Å². The zero-order valence-electron chi connectivity index (χ0n) is 9.36. The summed E-state index contributed by atoms with van der Waals surface area (Å²) in [5, 5.41) is 4.36. The largest absolute Gasteiger partial charge is 0.325 e. The molecule has 0 bridgehead atoms. The first-order valence-electron chi connectivity index (χ1n) is 5.06. The summed E-state index contributed by atoms with van der Waals surface area (Å²) >= 11 is 0. The van der Waals surface area contributed by atoms with E-state index in [2.05, 4.69) is 30.9 Å². The van der Waals surface area contributed by atoms with E-state index in [9.17, 15) is 0 Å². The molecule has 0 fully saturated rings. The van der Waals surface area contributed by atoms with Crippen LogP contribution in [0, 0.1) is 0 Å². The maximum Gasteiger partial charge on any atom is 0.153 e. The van der Waals surface area contributed by atoms with E-state index in [0.717, 1.165) is 17.0 Å². The van der Waals surface area contributed by atoms with E-state index in [1.165, 1.54) is 0 Å². The van der Waals surface area contributed by atoms with E-state index >= 15 is 0 Å². The van der Waals surface area contributed by atoms with Crippen molar-refractivity contribution < 1.29 is 0 Å². The third-order valence-electron chi connectivity index (χ3n) is 2.35. The number of fused-ring (bicyclic) bond motifs is 1. The van der Waals surface area contributed by atoms with Crippen LogP contribution in [-0.2, 0) is 12.0 Å². The molecule has 0 spiro atoms. The van der Waals surface area contributed by atoms with Crippen molar-refractivity contribution in [1.82, 2.24) is 14.6 Å². The van der Waals surface area contributed by atoms with Gasteiger partial charge in [-0.3, -0.25) is 0 Å². The minimum absolute atomic E-state index is 0.0522. The summed E-state index contributed by atoms with van der Waals surface area (Å²) in [6, 6.07) is 3.86. The molecule has 2 heterocycles. The number of aromatic nitrogens is 3. The predicted octanol–water partition coefficient (Wildman–Crippen LogP) is 1.49. The summed E-state index contributed by atoms with van der Waals surface area (Å²) in [5.74, 6) is 0. The Morgan fingerprint density at radius 3 is 2.67 bits per heavy atom. The summed E-state index contributed by atoms with van der Waals surface area (Å²) in [6.45, 7) is 6.87. The Labute approximate surface area is 89.1 Å². The molecule has 2 rings (SSSR count). The van der Waals surface area contributed by atoms with Crippen molar-refractivity contribution in [2.75, 3.05) is 0 Å². The number of nitrogens with two attached hydrogens (primary N) is 1. The van der Waals surface area contributed by atoms with Gasteiger partial charge in [-0.2, -0.15) is 5.10 Å². The van der Waals surface area contributed by atoms with Crippen LogP contribution in [0.4, 0.5) is 0 Å². The molecule has 4 nitrogen and oxygen atoms in total. The monoisotopic (exact) mass is 204 g/mol. The van der Waals surface area contributed by atoms with Crippen LogP contribution in [0.2, 0.25) is 0 Å². The minimum Gasteiger partial charge on any atom is -0.325 e. The Bertz CT molecular complexity index is 479. The molecule has 2 N–H and O–H groups in total. The van der Waals surface area contributed by atoms with Gasteiger partial charge in [0.1, 0.15) is 0 Å². The lowest BCUT2D eigenvalue weighted by molar-refractivity contribution is 0.572. The highest BCUT2D eigenvalue weighted by Gasteiger charge is 2.17. The van der Waals surface area contributed by atoms with E-state index in [4.69, 9.17) is 5.73 Å². The van der Waals surface area contributed by atoms with Gasteiger partial charge in [0.25, 0.3) is 0 Å². The maximum absolute atomic E-state index is 5.54. The molecule has 0 aromatic carbocycles. The number of nitrogens with zero attached hydrogens (tertiary/aromatic N) is 3. The lowest BCUT2D eigenvalue weighted by Crippen LogP contribution is -2.11. The lowest BCUT2D eigenvalue weighted by atomic mass is 9.93. The molecule has 0 radical (unpaired) electrons. The summed E-state index contributed by atoms with van der Waals surface area (Å²) in [5.41, 5.74) is 8.38. The van der Waals surface area contributed by atoms with E-state index in [0.29, 0.717) is 6.54 Å². The van der Waals surface area contributed by atoms with Crippen molar-refractivity contribution in [1.29, 1.82) is 0 Å². The Morgan fingerprint density at radius 2 is 2.07 bits per heavy atom. The van der Waals surface area contributed by atoms with Crippen LogP contribution in [0.3, 0.4) is 0 Å². The fourth-order valence-electron chi connectivity index (χ4n) is 1.39. The standard InChI is InChI=1S/C11H16N4/c1-11(2,3)9-7-15-10(13-9)5-4-8(6-12)14-15/h4-5,7H,6,12H2,1-3H3. The molecule has 2 aromatic rings. The van der Waals surface area contributed by atoms with Gasteiger partial charge < -0.3 is 5.73 Å². The SMILES string of the molecule is CC(C)(C)c1cn2nc(CN)ccc2n1. The summed E-state index contributed by atoms with van der Waals surface area (Å²) < 4.78 is 1.79. The van der Waals surface area contributed by atoms with Crippen molar-refractivity contribution >= 4 is 5.65 Å². The van der Waals surface area contributed by atoms with Crippen molar-refractivity contribution in [3.8, 4) is 0 Å². The third-order valence-corrected chi connectivity index (χ3v) is 2.35. The maximum atomic E-state index is 5.54. The first kappa shape index (κ1) is 10.1. The first-order chi connectivity index (χ1) is 7.00. The molecule has 0 amide bonds. The van der Waals surface area contributed by atoms with Gasteiger partial charge in [-0.05, 0) is 12.1 Å². The topological polar surface area (TPSA) is 56.2 Å². The van der Waals surface area contributed by atoms with Gasteiger partial charge in [0, 0.05) is 12.0 Å². The second-order valence-corrected chi connectivity index (χ2v) is 4.71. The number of rotatable bonds is 1. The highest BCUT2D eigenvalue weighted by molar-refractivity contribution is 5.39. The van der Waals surface area contributed by atoms with Crippen LogP contribution >= 0.6 is 0 Å². The van der Waals surface area contributed by atoms with Gasteiger partial charge in [-0.25, -0.2) is 9.50 Å². The third kappa shape index (κ3) is 1.85. The van der Waals surface area contributed by atoms with Crippen LogP contribution in [-0.4, -0.2) is 14.6 Å². The van der Waals surface area contributed by atoms with Crippen molar-refractivity contribution in [2.45, 2.75) is 32.7 Å². The quantitative estimate of drug-likeness (QED) is 0.765. The Hall–Kier alpha value is -1.42. The second-order valence-electron chi connectivity index (χ2n) is 4.71. The molecule has 80 valence electrons. The lowest BCUT2D eigenvalue weighted by Gasteiger charge is -2.13. The van der Waals surface area contributed by atoms with Crippen molar-refractivity contribution in [3.63, 3.8) is 0 Å². The van der Waals surface area contributed by atoms with Crippen LogP contribution in [0.25, 0.3) is 5.65 Å². The van der Waals surface area contributed by atoms with Gasteiger partial charge in [0.2, 0.25) is 0 Å². The fourth-order valence-corrected chi connectivity index (χ4v) is 1.39. The zero-order valence-corrected chi connectivity index (χ0v) is 9.36. The predicted molar refractivity (Wildman–Crippen MR) is 59.6 cm³/mol. The average molecular weight is 204 g/mol. The molecule has 0 unspecified atom stereocenters. The Balaban J connectivity index is 2.56.